The lowest BCUT2D eigenvalue weighted by Gasteiger charge is -2.05. The molecule has 0 aliphatic carbocycles. The van der Waals surface area contributed by atoms with Gasteiger partial charge in [-0.2, -0.15) is 12.0 Å². The van der Waals surface area contributed by atoms with Gasteiger partial charge in [-0.05, 0) is 25.0 Å². The van der Waals surface area contributed by atoms with E-state index in [4.69, 9.17) is 4.55 Å². The first kappa shape index (κ1) is 18.0. The molecule has 118 valence electrons. The zero-order chi connectivity index (χ0) is 15.6. The zero-order valence-electron chi connectivity index (χ0n) is 11.5. The molecule has 0 aliphatic rings. The number of benzene rings is 1. The summed E-state index contributed by atoms with van der Waals surface area (Å²) in [5.41, 5.74) is 0.649. The number of unbranched alkanes of at least 4 members (excludes halogenated alkanes) is 3. The fourth-order valence-electron chi connectivity index (χ4n) is 1.63. The number of hydrogen-bond donors (Lipinski definition) is 2. The van der Waals surface area contributed by atoms with Crippen molar-refractivity contribution in [1.29, 1.82) is 0 Å². The second-order valence-electron chi connectivity index (χ2n) is 4.35. The third-order valence-electron chi connectivity index (χ3n) is 2.61. The zero-order valence-corrected chi connectivity index (χ0v) is 13.2. The number of amides is 1. The molecule has 0 saturated carbocycles. The van der Waals surface area contributed by atoms with Gasteiger partial charge in [0.2, 0.25) is 0 Å². The van der Waals surface area contributed by atoms with Gasteiger partial charge in [-0.25, -0.2) is 0 Å². The maximum absolute atomic E-state index is 11.7. The van der Waals surface area contributed by atoms with Crippen molar-refractivity contribution in [2.75, 3.05) is 12.3 Å². The van der Waals surface area contributed by atoms with E-state index in [-0.39, 0.29) is 5.91 Å². The summed E-state index contributed by atoms with van der Waals surface area (Å²) < 4.78 is 33.0. The highest BCUT2D eigenvalue weighted by Gasteiger charge is 2.04. The van der Waals surface area contributed by atoms with Crippen molar-refractivity contribution in [3.63, 3.8) is 0 Å². The Balaban J connectivity index is 1.97. The normalized spacial score (nSPS) is 11.3. The molecule has 0 aliphatic heterocycles. The van der Waals surface area contributed by atoms with Crippen LogP contribution in [0.15, 0.2) is 30.3 Å². The van der Waals surface area contributed by atoms with Gasteiger partial charge in [0.05, 0.1) is 0 Å². The Hall–Kier alpha value is -1.09. The maximum atomic E-state index is 11.7. The van der Waals surface area contributed by atoms with Crippen LogP contribution < -0.4 is 5.32 Å². The first-order valence-electron chi connectivity index (χ1n) is 6.61. The van der Waals surface area contributed by atoms with E-state index in [9.17, 15) is 13.2 Å². The van der Waals surface area contributed by atoms with E-state index in [1.807, 2.05) is 18.2 Å². The average Bonchev–Trinajstić information content (AvgIpc) is 2.45. The Bertz CT molecular complexity index is 519. The van der Waals surface area contributed by atoms with Crippen LogP contribution in [0.2, 0.25) is 0 Å². The summed E-state index contributed by atoms with van der Waals surface area (Å²) in [4.78, 5) is 11.7. The molecule has 21 heavy (non-hydrogen) atoms. The van der Waals surface area contributed by atoms with Crippen molar-refractivity contribution in [3.8, 4) is 0 Å². The largest absolute Gasteiger partial charge is 0.408 e. The molecule has 0 saturated heterocycles. The van der Waals surface area contributed by atoms with E-state index < -0.39 is 10.4 Å². The van der Waals surface area contributed by atoms with Gasteiger partial charge in [0.25, 0.3) is 5.91 Å². The number of hydrogen-bond acceptors (Lipinski definition) is 5. The fraction of sp³-hybridized carbons (Fsp3) is 0.462. The molecule has 1 aromatic rings. The van der Waals surface area contributed by atoms with Gasteiger partial charge in [0.15, 0.2) is 0 Å². The third kappa shape index (κ3) is 9.46. The van der Waals surface area contributed by atoms with E-state index >= 15 is 0 Å². The molecule has 6 nitrogen and oxygen atoms in total. The standard InChI is InChI=1S/C13H19NO5S2/c15-13(12-8-4-3-5-9-12)14-10-6-1-2-7-11-20-19-21(16,17)18/h3-5,8-9H,1-2,6-7,10-11H2,(H,14,15)(H,16,17,18). The van der Waals surface area contributed by atoms with Crippen molar-refractivity contribution >= 4 is 28.3 Å². The van der Waals surface area contributed by atoms with Crippen LogP contribution in [0.25, 0.3) is 0 Å². The number of carbonyl (C=O) groups excluding carboxylic acids is 1. The van der Waals surface area contributed by atoms with Crippen molar-refractivity contribution in [1.82, 2.24) is 5.32 Å². The van der Waals surface area contributed by atoms with E-state index in [0.717, 1.165) is 37.7 Å². The minimum atomic E-state index is -4.35. The quantitative estimate of drug-likeness (QED) is 0.388. The van der Waals surface area contributed by atoms with Gasteiger partial charge in [0, 0.05) is 29.9 Å². The SMILES string of the molecule is O=C(NCCCCCCSOS(=O)(=O)O)c1ccccc1. The van der Waals surface area contributed by atoms with Crippen LogP contribution >= 0.6 is 12.0 Å². The topological polar surface area (TPSA) is 92.7 Å². The van der Waals surface area contributed by atoms with Crippen molar-refractivity contribution < 1.29 is 21.4 Å². The molecular formula is C13H19NO5S2. The van der Waals surface area contributed by atoms with Crippen LogP contribution in [0.3, 0.4) is 0 Å². The first-order valence-corrected chi connectivity index (χ1v) is 8.88. The van der Waals surface area contributed by atoms with Gasteiger partial charge < -0.3 is 5.32 Å². The van der Waals surface area contributed by atoms with Crippen LogP contribution in [0.1, 0.15) is 36.0 Å². The van der Waals surface area contributed by atoms with Crippen LogP contribution in [0.4, 0.5) is 0 Å². The number of nitrogens with one attached hydrogen (secondary N) is 1. The Labute approximate surface area is 129 Å². The lowest BCUT2D eigenvalue weighted by molar-refractivity contribution is 0.0953. The molecule has 0 bridgehead atoms. The smallest absolute Gasteiger partial charge is 0.352 e. The molecule has 0 aromatic heterocycles. The van der Waals surface area contributed by atoms with Gasteiger partial charge in [-0.3, -0.25) is 9.35 Å². The van der Waals surface area contributed by atoms with Crippen LogP contribution in [-0.2, 0) is 14.0 Å². The second kappa shape index (κ2) is 9.78. The van der Waals surface area contributed by atoms with E-state index in [2.05, 4.69) is 8.95 Å². The number of rotatable bonds is 10. The summed E-state index contributed by atoms with van der Waals surface area (Å²) in [7, 11) is -4.35. The predicted octanol–water partition coefficient (Wildman–Crippen LogP) is 2.44. The van der Waals surface area contributed by atoms with Crippen molar-refractivity contribution in [2.24, 2.45) is 0 Å². The lowest BCUT2D eigenvalue weighted by Crippen LogP contribution is -2.24. The monoisotopic (exact) mass is 333 g/mol. The van der Waals surface area contributed by atoms with Crippen LogP contribution in [-0.4, -0.2) is 31.2 Å². The maximum Gasteiger partial charge on any atom is 0.408 e. The first-order chi connectivity index (χ1) is 9.99. The highest BCUT2D eigenvalue weighted by Crippen LogP contribution is 2.11. The Kier molecular flexibility index (Phi) is 8.36. The Morgan fingerprint density at radius 2 is 1.81 bits per heavy atom. The van der Waals surface area contributed by atoms with Gasteiger partial charge in [0.1, 0.15) is 0 Å². The summed E-state index contributed by atoms with van der Waals surface area (Å²) in [6, 6.07) is 9.03. The fourth-order valence-corrected chi connectivity index (χ4v) is 2.71. The summed E-state index contributed by atoms with van der Waals surface area (Å²) in [6.07, 6.45) is 3.49. The predicted molar refractivity (Wildman–Crippen MR) is 82.3 cm³/mol. The lowest BCUT2D eigenvalue weighted by atomic mass is 10.2. The van der Waals surface area contributed by atoms with E-state index in [1.54, 1.807) is 12.1 Å². The molecule has 0 fully saturated rings. The highest BCUT2D eigenvalue weighted by molar-refractivity contribution is 8.02. The number of carbonyl (C=O) groups is 1. The van der Waals surface area contributed by atoms with E-state index in [0.29, 0.717) is 17.9 Å². The Morgan fingerprint density at radius 1 is 1.14 bits per heavy atom. The van der Waals surface area contributed by atoms with Gasteiger partial charge >= 0.3 is 10.4 Å². The minimum Gasteiger partial charge on any atom is -0.352 e. The molecule has 0 atom stereocenters. The highest BCUT2D eigenvalue weighted by atomic mass is 32.3. The minimum absolute atomic E-state index is 0.0762. The molecular weight excluding hydrogens is 314 g/mol. The molecule has 1 aromatic carbocycles. The molecule has 0 spiro atoms. The van der Waals surface area contributed by atoms with Crippen molar-refractivity contribution in [3.05, 3.63) is 35.9 Å². The summed E-state index contributed by atoms with van der Waals surface area (Å²) in [5, 5.41) is 2.84. The molecule has 0 radical (unpaired) electrons. The molecule has 1 amide bonds. The molecule has 0 unspecified atom stereocenters. The molecule has 2 N–H and O–H groups in total. The second-order valence-corrected chi connectivity index (χ2v) is 6.40. The Morgan fingerprint density at radius 3 is 2.48 bits per heavy atom. The molecule has 0 heterocycles. The van der Waals surface area contributed by atoms with Gasteiger partial charge in [-0.1, -0.05) is 31.0 Å². The van der Waals surface area contributed by atoms with Crippen LogP contribution in [0.5, 0.6) is 0 Å². The summed E-state index contributed by atoms with van der Waals surface area (Å²) >= 11 is 0.718. The third-order valence-corrected chi connectivity index (χ3v) is 4.14. The summed E-state index contributed by atoms with van der Waals surface area (Å²) in [6.45, 7) is 0.613. The van der Waals surface area contributed by atoms with E-state index in [1.165, 1.54) is 0 Å². The summed E-state index contributed by atoms with van der Waals surface area (Å²) in [5.74, 6) is 0.420. The van der Waals surface area contributed by atoms with Crippen molar-refractivity contribution in [2.45, 2.75) is 25.7 Å². The molecule has 1 rings (SSSR count). The average molecular weight is 333 g/mol. The molecule has 8 heteroatoms. The van der Waals surface area contributed by atoms with Gasteiger partial charge in [-0.15, -0.1) is 0 Å². The van der Waals surface area contributed by atoms with Crippen LogP contribution in [0, 0.1) is 0 Å².